The SMILES string of the molecule is CC(C)Oc1ccc(N)c(C(=N)c2ccnc(N3CCCC(O)C3)c2)c1. The van der Waals surface area contributed by atoms with Crippen LogP contribution in [0.2, 0.25) is 0 Å². The lowest BCUT2D eigenvalue weighted by molar-refractivity contribution is 0.154. The zero-order valence-electron chi connectivity index (χ0n) is 15.3. The summed E-state index contributed by atoms with van der Waals surface area (Å²) in [5.74, 6) is 1.47. The molecule has 138 valence electrons. The van der Waals surface area contributed by atoms with Crippen molar-refractivity contribution >= 4 is 17.2 Å². The van der Waals surface area contributed by atoms with Gasteiger partial charge in [0.2, 0.25) is 0 Å². The van der Waals surface area contributed by atoms with E-state index in [-0.39, 0.29) is 12.2 Å². The highest BCUT2D eigenvalue weighted by molar-refractivity contribution is 6.14. The molecule has 0 amide bonds. The van der Waals surface area contributed by atoms with E-state index >= 15 is 0 Å². The summed E-state index contributed by atoms with van der Waals surface area (Å²) in [5.41, 5.74) is 8.35. The number of nitrogen functional groups attached to an aromatic ring is 1. The Kier molecular flexibility index (Phi) is 5.42. The van der Waals surface area contributed by atoms with Gasteiger partial charge in [-0.05, 0) is 57.0 Å². The number of ether oxygens (including phenoxy) is 1. The van der Waals surface area contributed by atoms with Crippen molar-refractivity contribution in [2.24, 2.45) is 0 Å². The summed E-state index contributed by atoms with van der Waals surface area (Å²) in [6, 6.07) is 9.09. The standard InChI is InChI=1S/C20H26N4O2/c1-13(2)26-16-5-6-18(21)17(11-16)20(22)14-7-8-23-19(10-14)24-9-3-4-15(25)12-24/h5-8,10-11,13,15,22,25H,3-4,9,12,21H2,1-2H3. The van der Waals surface area contributed by atoms with Gasteiger partial charge in [0.1, 0.15) is 11.6 Å². The maximum Gasteiger partial charge on any atom is 0.129 e. The van der Waals surface area contributed by atoms with Gasteiger partial charge < -0.3 is 20.5 Å². The number of aromatic nitrogens is 1. The highest BCUT2D eigenvalue weighted by Crippen LogP contribution is 2.25. The van der Waals surface area contributed by atoms with E-state index < -0.39 is 0 Å². The minimum absolute atomic E-state index is 0.0544. The number of aliphatic hydroxyl groups excluding tert-OH is 1. The van der Waals surface area contributed by atoms with Crippen LogP contribution in [-0.2, 0) is 0 Å². The molecule has 0 bridgehead atoms. The third-order valence-electron chi connectivity index (χ3n) is 4.42. The zero-order chi connectivity index (χ0) is 18.7. The number of nitrogens with two attached hydrogens (primary N) is 1. The highest BCUT2D eigenvalue weighted by Gasteiger charge is 2.20. The maximum absolute atomic E-state index is 9.89. The van der Waals surface area contributed by atoms with Crippen molar-refractivity contribution in [2.45, 2.75) is 38.9 Å². The molecule has 1 aliphatic heterocycles. The van der Waals surface area contributed by atoms with Crippen molar-refractivity contribution in [3.8, 4) is 5.75 Å². The van der Waals surface area contributed by atoms with E-state index in [4.69, 9.17) is 15.9 Å². The van der Waals surface area contributed by atoms with E-state index in [0.29, 0.717) is 29.3 Å². The number of piperidine rings is 1. The predicted molar refractivity (Wildman–Crippen MR) is 104 cm³/mol. The number of benzene rings is 1. The van der Waals surface area contributed by atoms with E-state index in [1.165, 1.54) is 0 Å². The largest absolute Gasteiger partial charge is 0.491 e. The second kappa shape index (κ2) is 7.74. The fourth-order valence-corrected chi connectivity index (χ4v) is 3.16. The number of anilines is 2. The Hall–Kier alpha value is -2.60. The third kappa shape index (κ3) is 4.14. The Morgan fingerprint density at radius 2 is 2.15 bits per heavy atom. The Balaban J connectivity index is 1.87. The first-order chi connectivity index (χ1) is 12.4. The molecule has 0 spiro atoms. The first kappa shape index (κ1) is 18.2. The molecule has 6 nitrogen and oxygen atoms in total. The topological polar surface area (TPSA) is 95.5 Å². The summed E-state index contributed by atoms with van der Waals surface area (Å²) in [4.78, 5) is 6.48. The van der Waals surface area contributed by atoms with Gasteiger partial charge in [-0.1, -0.05) is 0 Å². The molecule has 1 saturated heterocycles. The van der Waals surface area contributed by atoms with Gasteiger partial charge >= 0.3 is 0 Å². The normalized spacial score (nSPS) is 17.4. The van der Waals surface area contributed by atoms with Gasteiger partial charge in [-0.25, -0.2) is 4.98 Å². The lowest BCUT2D eigenvalue weighted by atomic mass is 10.0. The van der Waals surface area contributed by atoms with E-state index in [9.17, 15) is 5.11 Å². The molecular formula is C20H26N4O2. The highest BCUT2D eigenvalue weighted by atomic mass is 16.5. The van der Waals surface area contributed by atoms with Crippen molar-refractivity contribution in [2.75, 3.05) is 23.7 Å². The molecule has 1 aromatic heterocycles. The molecule has 2 heterocycles. The summed E-state index contributed by atoms with van der Waals surface area (Å²) in [7, 11) is 0. The van der Waals surface area contributed by atoms with Crippen LogP contribution in [0.1, 0.15) is 37.8 Å². The summed E-state index contributed by atoms with van der Waals surface area (Å²) in [6.45, 7) is 5.36. The molecule has 6 heteroatoms. The van der Waals surface area contributed by atoms with E-state index in [0.717, 1.165) is 30.8 Å². The monoisotopic (exact) mass is 354 g/mol. The van der Waals surface area contributed by atoms with Crippen LogP contribution >= 0.6 is 0 Å². The van der Waals surface area contributed by atoms with Gasteiger partial charge in [-0.15, -0.1) is 0 Å². The molecule has 1 aliphatic rings. The second-order valence-electron chi connectivity index (χ2n) is 6.94. The molecule has 0 saturated carbocycles. The molecule has 0 aliphatic carbocycles. The first-order valence-electron chi connectivity index (χ1n) is 8.98. The Morgan fingerprint density at radius 1 is 1.35 bits per heavy atom. The average Bonchev–Trinajstić information content (AvgIpc) is 2.62. The molecule has 26 heavy (non-hydrogen) atoms. The molecular weight excluding hydrogens is 328 g/mol. The van der Waals surface area contributed by atoms with Crippen molar-refractivity contribution in [3.05, 3.63) is 47.7 Å². The van der Waals surface area contributed by atoms with Gasteiger partial charge in [0.15, 0.2) is 0 Å². The van der Waals surface area contributed by atoms with E-state index in [1.807, 2.05) is 38.1 Å². The van der Waals surface area contributed by atoms with Crippen molar-refractivity contribution in [1.82, 2.24) is 4.98 Å². The molecule has 4 N–H and O–H groups in total. The van der Waals surface area contributed by atoms with Crippen molar-refractivity contribution in [3.63, 3.8) is 0 Å². The van der Waals surface area contributed by atoms with Crippen LogP contribution in [0.5, 0.6) is 5.75 Å². The molecule has 1 fully saturated rings. The quantitative estimate of drug-likeness (QED) is 0.567. The zero-order valence-corrected chi connectivity index (χ0v) is 15.3. The minimum Gasteiger partial charge on any atom is -0.491 e. The molecule has 1 aromatic carbocycles. The van der Waals surface area contributed by atoms with Crippen molar-refractivity contribution < 1.29 is 9.84 Å². The minimum atomic E-state index is -0.325. The molecule has 1 unspecified atom stereocenters. The van der Waals surface area contributed by atoms with Crippen LogP contribution < -0.4 is 15.4 Å². The van der Waals surface area contributed by atoms with E-state index in [1.54, 1.807) is 12.3 Å². The lowest BCUT2D eigenvalue weighted by Gasteiger charge is -2.31. The first-order valence-corrected chi connectivity index (χ1v) is 8.98. The Morgan fingerprint density at radius 3 is 2.88 bits per heavy atom. The number of aliphatic hydroxyl groups is 1. The average molecular weight is 354 g/mol. The van der Waals surface area contributed by atoms with Crippen LogP contribution in [0, 0.1) is 5.41 Å². The number of hydrogen-bond acceptors (Lipinski definition) is 6. The summed E-state index contributed by atoms with van der Waals surface area (Å²) < 4.78 is 5.73. The van der Waals surface area contributed by atoms with Crippen LogP contribution in [0.4, 0.5) is 11.5 Å². The number of pyridine rings is 1. The van der Waals surface area contributed by atoms with Crippen LogP contribution in [0.15, 0.2) is 36.5 Å². The number of hydrogen-bond donors (Lipinski definition) is 3. The van der Waals surface area contributed by atoms with Crippen LogP contribution in [0.3, 0.4) is 0 Å². The number of β-amino-alcohol motifs (C(OH)–C–C–N with tert-alkyl or cyclic N) is 1. The van der Waals surface area contributed by atoms with Gasteiger partial charge in [0, 0.05) is 36.1 Å². The Bertz CT molecular complexity index is 791. The molecule has 2 aromatic rings. The molecule has 1 atom stereocenters. The molecule has 0 radical (unpaired) electrons. The van der Waals surface area contributed by atoms with Crippen LogP contribution in [-0.4, -0.2) is 41.1 Å². The fraction of sp³-hybridized carbons (Fsp3) is 0.400. The lowest BCUT2D eigenvalue weighted by Crippen LogP contribution is -2.38. The van der Waals surface area contributed by atoms with Crippen molar-refractivity contribution in [1.29, 1.82) is 5.41 Å². The summed E-state index contributed by atoms with van der Waals surface area (Å²) in [6.07, 6.45) is 3.19. The third-order valence-corrected chi connectivity index (χ3v) is 4.42. The smallest absolute Gasteiger partial charge is 0.129 e. The number of nitrogens with one attached hydrogen (secondary N) is 1. The van der Waals surface area contributed by atoms with Gasteiger partial charge in [-0.3, -0.25) is 5.41 Å². The fourth-order valence-electron chi connectivity index (χ4n) is 3.16. The molecule has 3 rings (SSSR count). The summed E-state index contributed by atoms with van der Waals surface area (Å²) >= 11 is 0. The second-order valence-corrected chi connectivity index (χ2v) is 6.94. The van der Waals surface area contributed by atoms with Crippen LogP contribution in [0.25, 0.3) is 0 Å². The van der Waals surface area contributed by atoms with Gasteiger partial charge in [-0.2, -0.15) is 0 Å². The number of rotatable bonds is 5. The van der Waals surface area contributed by atoms with Gasteiger partial charge in [0.25, 0.3) is 0 Å². The van der Waals surface area contributed by atoms with E-state index in [2.05, 4.69) is 9.88 Å². The number of nitrogens with zero attached hydrogens (tertiary/aromatic N) is 2. The Labute approximate surface area is 154 Å². The predicted octanol–water partition coefficient (Wildman–Crippen LogP) is 2.83. The van der Waals surface area contributed by atoms with Gasteiger partial charge in [0.05, 0.1) is 17.9 Å². The maximum atomic E-state index is 9.89. The summed E-state index contributed by atoms with van der Waals surface area (Å²) in [5, 5.41) is 18.5.